The predicted octanol–water partition coefficient (Wildman–Crippen LogP) is 3.38. The molecule has 0 N–H and O–H groups in total. The minimum Gasteiger partial charge on any atom is -0.489 e. The van der Waals surface area contributed by atoms with Crippen LogP contribution in [-0.2, 0) is 0 Å². The summed E-state index contributed by atoms with van der Waals surface area (Å²) in [4.78, 5) is 0. The van der Waals surface area contributed by atoms with E-state index in [0.717, 1.165) is 0 Å². The first kappa shape index (κ1) is 13.9. The van der Waals surface area contributed by atoms with Crippen LogP contribution in [0.25, 0.3) is 0 Å². The zero-order chi connectivity index (χ0) is 13.2. The fourth-order valence-corrected chi connectivity index (χ4v) is 1.26. The summed E-state index contributed by atoms with van der Waals surface area (Å²) in [5.74, 6) is 1.99. The van der Waals surface area contributed by atoms with Crippen LogP contribution in [0.15, 0.2) is 56.2 Å². The summed E-state index contributed by atoms with van der Waals surface area (Å²) in [5.41, 5.74) is 0. The normalized spacial score (nSPS) is 9.33. The molecule has 0 radical (unpaired) electrons. The van der Waals surface area contributed by atoms with Crippen LogP contribution in [0, 0.1) is 0 Å². The first-order valence-electron chi connectivity index (χ1n) is 5.67. The van der Waals surface area contributed by atoms with Crippen molar-refractivity contribution < 1.29 is 14.2 Å². The summed E-state index contributed by atoms with van der Waals surface area (Å²) >= 11 is 0. The lowest BCUT2D eigenvalue weighted by molar-refractivity contribution is 0.303. The average molecular weight is 246 g/mol. The zero-order valence-corrected chi connectivity index (χ0v) is 10.4. The molecule has 0 aliphatic rings. The fourth-order valence-electron chi connectivity index (χ4n) is 1.26. The van der Waals surface area contributed by atoms with Gasteiger partial charge in [-0.1, -0.05) is 38.0 Å². The molecule has 0 aliphatic carbocycles. The van der Waals surface area contributed by atoms with Gasteiger partial charge in [-0.3, -0.25) is 0 Å². The molecule has 0 aliphatic heterocycles. The lowest BCUT2D eigenvalue weighted by Gasteiger charge is -2.12. The Hall–Kier alpha value is -2.16. The van der Waals surface area contributed by atoms with Crippen LogP contribution in [-0.4, -0.2) is 19.8 Å². The molecule has 0 aromatic heterocycles. The van der Waals surface area contributed by atoms with Gasteiger partial charge < -0.3 is 14.2 Å². The van der Waals surface area contributed by atoms with Crippen LogP contribution in [0.5, 0.6) is 17.2 Å². The van der Waals surface area contributed by atoms with E-state index in [1.54, 1.807) is 30.4 Å². The summed E-state index contributed by atoms with van der Waals surface area (Å²) in [6.45, 7) is 12.1. The van der Waals surface area contributed by atoms with Gasteiger partial charge in [0.2, 0.25) is 0 Å². The van der Waals surface area contributed by atoms with Gasteiger partial charge in [-0.25, -0.2) is 0 Å². The second kappa shape index (κ2) is 8.01. The number of hydrogen-bond acceptors (Lipinski definition) is 3. The van der Waals surface area contributed by atoms with Crippen molar-refractivity contribution in [1.82, 2.24) is 0 Å². The van der Waals surface area contributed by atoms with Gasteiger partial charge in [0.15, 0.2) is 11.5 Å². The SMILES string of the molecule is C=CCOc1ccc(OCC=C)c(OCC=C)c1. The molecule has 3 nitrogen and oxygen atoms in total. The minimum atomic E-state index is 0.412. The van der Waals surface area contributed by atoms with Gasteiger partial charge >= 0.3 is 0 Å². The van der Waals surface area contributed by atoms with E-state index >= 15 is 0 Å². The van der Waals surface area contributed by atoms with Gasteiger partial charge in [0.25, 0.3) is 0 Å². The molecular weight excluding hydrogens is 228 g/mol. The Labute approximate surface area is 108 Å². The van der Waals surface area contributed by atoms with Gasteiger partial charge in [0.05, 0.1) is 0 Å². The van der Waals surface area contributed by atoms with Crippen molar-refractivity contribution in [2.75, 3.05) is 19.8 Å². The topological polar surface area (TPSA) is 27.7 Å². The third kappa shape index (κ3) is 4.37. The van der Waals surface area contributed by atoms with E-state index in [9.17, 15) is 0 Å². The molecule has 0 saturated heterocycles. The van der Waals surface area contributed by atoms with E-state index in [1.807, 2.05) is 6.07 Å². The van der Waals surface area contributed by atoms with Crippen molar-refractivity contribution in [1.29, 1.82) is 0 Å². The number of benzene rings is 1. The predicted molar refractivity (Wildman–Crippen MR) is 73.5 cm³/mol. The van der Waals surface area contributed by atoms with Gasteiger partial charge in [-0.2, -0.15) is 0 Å². The molecule has 0 bridgehead atoms. The van der Waals surface area contributed by atoms with Crippen LogP contribution in [0.3, 0.4) is 0 Å². The highest BCUT2D eigenvalue weighted by Crippen LogP contribution is 2.31. The fraction of sp³-hybridized carbons (Fsp3) is 0.200. The molecule has 0 atom stereocenters. The van der Waals surface area contributed by atoms with Crippen molar-refractivity contribution in [3.05, 3.63) is 56.2 Å². The molecule has 0 spiro atoms. The van der Waals surface area contributed by atoms with E-state index in [-0.39, 0.29) is 0 Å². The summed E-state index contributed by atoms with van der Waals surface area (Å²) in [6, 6.07) is 5.41. The number of rotatable bonds is 9. The molecule has 0 amide bonds. The monoisotopic (exact) mass is 246 g/mol. The van der Waals surface area contributed by atoms with Crippen molar-refractivity contribution >= 4 is 0 Å². The summed E-state index contributed by atoms with van der Waals surface area (Å²) in [5, 5.41) is 0. The Kier molecular flexibility index (Phi) is 6.19. The van der Waals surface area contributed by atoms with Crippen molar-refractivity contribution in [2.24, 2.45) is 0 Å². The first-order chi connectivity index (χ1) is 8.81. The van der Waals surface area contributed by atoms with Crippen molar-refractivity contribution in [3.8, 4) is 17.2 Å². The lowest BCUT2D eigenvalue weighted by atomic mass is 10.3. The van der Waals surface area contributed by atoms with Crippen LogP contribution >= 0.6 is 0 Å². The van der Waals surface area contributed by atoms with Crippen LogP contribution in [0.1, 0.15) is 0 Å². The van der Waals surface area contributed by atoms with Crippen LogP contribution in [0.4, 0.5) is 0 Å². The van der Waals surface area contributed by atoms with Crippen LogP contribution in [0.2, 0.25) is 0 Å². The van der Waals surface area contributed by atoms with Crippen molar-refractivity contribution in [2.45, 2.75) is 0 Å². The number of ether oxygens (including phenoxy) is 3. The third-order valence-corrected chi connectivity index (χ3v) is 2.00. The highest BCUT2D eigenvalue weighted by Gasteiger charge is 2.06. The van der Waals surface area contributed by atoms with Gasteiger partial charge in [-0.05, 0) is 12.1 Å². The van der Waals surface area contributed by atoms with Crippen molar-refractivity contribution in [3.63, 3.8) is 0 Å². The molecular formula is C15H18O3. The first-order valence-corrected chi connectivity index (χ1v) is 5.67. The molecule has 0 saturated carbocycles. The Morgan fingerprint density at radius 1 is 0.778 bits per heavy atom. The minimum absolute atomic E-state index is 0.412. The average Bonchev–Trinajstić information content (AvgIpc) is 2.41. The standard InChI is InChI=1S/C15H18O3/c1-4-9-16-13-7-8-14(17-10-5-2)15(12-13)18-11-6-3/h4-8,12H,1-3,9-11H2. The smallest absolute Gasteiger partial charge is 0.165 e. The molecule has 0 unspecified atom stereocenters. The Balaban J connectivity index is 2.83. The quantitative estimate of drug-likeness (QED) is 0.625. The van der Waals surface area contributed by atoms with Gasteiger partial charge in [0, 0.05) is 6.07 Å². The Morgan fingerprint density at radius 3 is 1.94 bits per heavy atom. The zero-order valence-electron chi connectivity index (χ0n) is 10.4. The summed E-state index contributed by atoms with van der Waals surface area (Å²) in [7, 11) is 0. The number of hydrogen-bond donors (Lipinski definition) is 0. The second-order valence-corrected chi connectivity index (χ2v) is 3.41. The molecule has 1 aromatic rings. The largest absolute Gasteiger partial charge is 0.489 e. The summed E-state index contributed by atoms with van der Waals surface area (Å²) in [6.07, 6.45) is 5.04. The van der Waals surface area contributed by atoms with Gasteiger partial charge in [-0.15, -0.1) is 0 Å². The highest BCUT2D eigenvalue weighted by atomic mass is 16.5. The molecule has 1 rings (SSSR count). The molecule has 96 valence electrons. The van der Waals surface area contributed by atoms with Crippen LogP contribution < -0.4 is 14.2 Å². The van der Waals surface area contributed by atoms with E-state index in [2.05, 4.69) is 19.7 Å². The molecule has 3 heteroatoms. The van der Waals surface area contributed by atoms with Gasteiger partial charge in [0.1, 0.15) is 25.6 Å². The maximum atomic E-state index is 5.52. The second-order valence-electron chi connectivity index (χ2n) is 3.41. The van der Waals surface area contributed by atoms with E-state index < -0.39 is 0 Å². The maximum Gasteiger partial charge on any atom is 0.165 e. The van der Waals surface area contributed by atoms with E-state index in [0.29, 0.717) is 37.1 Å². The Bertz CT molecular complexity index is 410. The summed E-state index contributed by atoms with van der Waals surface area (Å²) < 4.78 is 16.4. The highest BCUT2D eigenvalue weighted by molar-refractivity contribution is 5.45. The molecule has 0 heterocycles. The molecule has 1 aromatic carbocycles. The maximum absolute atomic E-state index is 5.52. The van der Waals surface area contributed by atoms with E-state index in [4.69, 9.17) is 14.2 Å². The van der Waals surface area contributed by atoms with E-state index in [1.165, 1.54) is 0 Å². The Morgan fingerprint density at radius 2 is 1.33 bits per heavy atom. The molecule has 0 fully saturated rings. The lowest BCUT2D eigenvalue weighted by Crippen LogP contribution is -2.00. The molecule has 18 heavy (non-hydrogen) atoms. The third-order valence-electron chi connectivity index (χ3n) is 2.00.